The zero-order chi connectivity index (χ0) is 19.8. The first kappa shape index (κ1) is 18.7. The molecule has 0 spiro atoms. The Morgan fingerprint density at radius 2 is 1.82 bits per heavy atom. The predicted molar refractivity (Wildman–Crippen MR) is 105 cm³/mol. The Balaban J connectivity index is 1.48. The second kappa shape index (κ2) is 9.05. The number of H-pyrrole nitrogens is 1. The van der Waals surface area contributed by atoms with E-state index in [0.29, 0.717) is 22.7 Å². The van der Waals surface area contributed by atoms with Crippen LogP contribution in [0.4, 0.5) is 0 Å². The average Bonchev–Trinajstić information content (AvgIpc) is 3.21. The SMILES string of the molecule is NC(=O)c1ccccc1OCC#CCNC(=O)c1cc(-c2ccccc2)n[nH]1. The van der Waals surface area contributed by atoms with Crippen LogP contribution < -0.4 is 15.8 Å². The van der Waals surface area contributed by atoms with Gasteiger partial charge in [0.25, 0.3) is 11.8 Å². The molecular weight excluding hydrogens is 356 g/mol. The van der Waals surface area contributed by atoms with Crippen molar-refractivity contribution in [2.45, 2.75) is 0 Å². The zero-order valence-electron chi connectivity index (χ0n) is 14.9. The van der Waals surface area contributed by atoms with E-state index in [2.05, 4.69) is 27.4 Å². The molecule has 0 saturated heterocycles. The van der Waals surface area contributed by atoms with Crippen LogP contribution >= 0.6 is 0 Å². The van der Waals surface area contributed by atoms with Gasteiger partial charge >= 0.3 is 0 Å². The number of ether oxygens (including phenoxy) is 1. The van der Waals surface area contributed by atoms with Gasteiger partial charge in [-0.1, -0.05) is 54.3 Å². The maximum absolute atomic E-state index is 12.1. The minimum Gasteiger partial charge on any atom is -0.480 e. The second-order valence-corrected chi connectivity index (χ2v) is 5.72. The third-order valence-corrected chi connectivity index (χ3v) is 3.81. The molecule has 7 heteroatoms. The van der Waals surface area contributed by atoms with E-state index in [0.717, 1.165) is 5.56 Å². The largest absolute Gasteiger partial charge is 0.480 e. The molecule has 28 heavy (non-hydrogen) atoms. The first-order valence-electron chi connectivity index (χ1n) is 8.51. The van der Waals surface area contributed by atoms with Crippen LogP contribution in [-0.4, -0.2) is 35.2 Å². The fourth-order valence-corrected chi connectivity index (χ4v) is 2.44. The topological polar surface area (TPSA) is 110 Å². The molecule has 0 aliphatic carbocycles. The summed E-state index contributed by atoms with van der Waals surface area (Å²) < 4.78 is 5.44. The van der Waals surface area contributed by atoms with Gasteiger partial charge in [0, 0.05) is 5.56 Å². The van der Waals surface area contributed by atoms with Crippen molar-refractivity contribution in [1.82, 2.24) is 15.5 Å². The fraction of sp³-hybridized carbons (Fsp3) is 0.0952. The lowest BCUT2D eigenvalue weighted by Gasteiger charge is -2.05. The Hall–Kier alpha value is -4.05. The van der Waals surface area contributed by atoms with Crippen LogP contribution in [-0.2, 0) is 0 Å². The number of primary amides is 1. The van der Waals surface area contributed by atoms with Gasteiger partial charge in [0.2, 0.25) is 0 Å². The number of aromatic amines is 1. The maximum atomic E-state index is 12.1. The van der Waals surface area contributed by atoms with E-state index in [4.69, 9.17) is 10.5 Å². The number of para-hydroxylation sites is 1. The summed E-state index contributed by atoms with van der Waals surface area (Å²) in [6.07, 6.45) is 0. The molecule has 3 aromatic rings. The first-order chi connectivity index (χ1) is 13.6. The smallest absolute Gasteiger partial charge is 0.270 e. The molecule has 0 fully saturated rings. The Morgan fingerprint density at radius 1 is 1.07 bits per heavy atom. The third kappa shape index (κ3) is 4.77. The van der Waals surface area contributed by atoms with Crippen LogP contribution in [0.3, 0.4) is 0 Å². The molecule has 3 rings (SSSR count). The van der Waals surface area contributed by atoms with E-state index < -0.39 is 5.91 Å². The summed E-state index contributed by atoms with van der Waals surface area (Å²) in [5.41, 5.74) is 7.55. The Labute approximate surface area is 161 Å². The highest BCUT2D eigenvalue weighted by Crippen LogP contribution is 2.17. The Bertz CT molecular complexity index is 1030. The number of nitrogens with two attached hydrogens (primary N) is 1. The van der Waals surface area contributed by atoms with Gasteiger partial charge in [-0.15, -0.1) is 0 Å². The summed E-state index contributed by atoms with van der Waals surface area (Å²) >= 11 is 0. The van der Waals surface area contributed by atoms with Gasteiger partial charge in [-0.2, -0.15) is 5.10 Å². The molecular formula is C21H18N4O3. The minimum absolute atomic E-state index is 0.0718. The monoisotopic (exact) mass is 374 g/mol. The predicted octanol–water partition coefficient (Wildman–Crippen LogP) is 1.99. The van der Waals surface area contributed by atoms with Crippen molar-refractivity contribution < 1.29 is 14.3 Å². The quantitative estimate of drug-likeness (QED) is 0.573. The Morgan fingerprint density at radius 3 is 2.61 bits per heavy atom. The van der Waals surface area contributed by atoms with Crippen LogP contribution in [0.5, 0.6) is 5.75 Å². The number of rotatable bonds is 6. The summed E-state index contributed by atoms with van der Waals surface area (Å²) in [6.45, 7) is 0.224. The molecule has 2 aromatic carbocycles. The molecule has 0 radical (unpaired) electrons. The van der Waals surface area contributed by atoms with E-state index in [1.54, 1.807) is 30.3 Å². The van der Waals surface area contributed by atoms with Crippen molar-refractivity contribution in [3.63, 3.8) is 0 Å². The summed E-state index contributed by atoms with van der Waals surface area (Å²) in [5, 5.41) is 9.54. The average molecular weight is 374 g/mol. The third-order valence-electron chi connectivity index (χ3n) is 3.81. The number of carbonyl (C=O) groups excluding carboxylic acids is 2. The Kier molecular flexibility index (Phi) is 6.06. The molecule has 0 atom stereocenters. The van der Waals surface area contributed by atoms with Crippen molar-refractivity contribution >= 4 is 11.8 Å². The highest BCUT2D eigenvalue weighted by atomic mass is 16.5. The van der Waals surface area contributed by atoms with Gasteiger partial charge in [0.05, 0.1) is 17.8 Å². The number of hydrogen-bond donors (Lipinski definition) is 3. The molecule has 0 aliphatic heterocycles. The van der Waals surface area contributed by atoms with Crippen LogP contribution in [0.1, 0.15) is 20.8 Å². The highest BCUT2D eigenvalue weighted by Gasteiger charge is 2.10. The van der Waals surface area contributed by atoms with Crippen molar-refractivity contribution in [2.75, 3.05) is 13.2 Å². The number of nitrogens with zero attached hydrogens (tertiary/aromatic N) is 1. The van der Waals surface area contributed by atoms with Gasteiger partial charge in [0.1, 0.15) is 18.1 Å². The number of hydrogen-bond acceptors (Lipinski definition) is 4. The molecule has 1 heterocycles. The second-order valence-electron chi connectivity index (χ2n) is 5.72. The zero-order valence-corrected chi connectivity index (χ0v) is 14.9. The molecule has 2 amide bonds. The van der Waals surface area contributed by atoms with E-state index >= 15 is 0 Å². The van der Waals surface area contributed by atoms with Crippen molar-refractivity contribution in [2.24, 2.45) is 5.73 Å². The van der Waals surface area contributed by atoms with Crippen LogP contribution in [0.25, 0.3) is 11.3 Å². The number of carbonyl (C=O) groups is 2. The van der Waals surface area contributed by atoms with Gasteiger partial charge in [-0.05, 0) is 18.2 Å². The van der Waals surface area contributed by atoms with Gasteiger partial charge < -0.3 is 15.8 Å². The first-order valence-corrected chi connectivity index (χ1v) is 8.51. The van der Waals surface area contributed by atoms with E-state index in [1.807, 2.05) is 30.3 Å². The molecule has 0 saturated carbocycles. The van der Waals surface area contributed by atoms with Crippen molar-refractivity contribution in [1.29, 1.82) is 0 Å². The normalized spacial score (nSPS) is 9.86. The molecule has 0 aliphatic rings. The van der Waals surface area contributed by atoms with E-state index in [9.17, 15) is 9.59 Å². The van der Waals surface area contributed by atoms with Crippen LogP contribution in [0.15, 0.2) is 60.7 Å². The summed E-state index contributed by atoms with van der Waals surface area (Å²) in [7, 11) is 0. The molecule has 1 aromatic heterocycles. The molecule has 7 nitrogen and oxygen atoms in total. The van der Waals surface area contributed by atoms with Gasteiger partial charge in [0.15, 0.2) is 0 Å². The minimum atomic E-state index is -0.565. The van der Waals surface area contributed by atoms with E-state index in [1.165, 1.54) is 0 Å². The van der Waals surface area contributed by atoms with Gasteiger partial charge in [-0.25, -0.2) is 0 Å². The van der Waals surface area contributed by atoms with Crippen molar-refractivity contribution in [3.05, 3.63) is 71.9 Å². The van der Waals surface area contributed by atoms with Crippen LogP contribution in [0, 0.1) is 11.8 Å². The van der Waals surface area contributed by atoms with Crippen molar-refractivity contribution in [3.8, 4) is 28.8 Å². The lowest BCUT2D eigenvalue weighted by atomic mass is 10.1. The molecule has 0 unspecified atom stereocenters. The molecule has 140 valence electrons. The number of aromatic nitrogens is 2. The summed E-state index contributed by atoms with van der Waals surface area (Å²) in [6, 6.07) is 17.9. The highest BCUT2D eigenvalue weighted by molar-refractivity contribution is 5.95. The number of nitrogens with one attached hydrogen (secondary N) is 2. The van der Waals surface area contributed by atoms with Gasteiger partial charge in [-0.3, -0.25) is 14.7 Å². The van der Waals surface area contributed by atoms with Crippen LogP contribution in [0.2, 0.25) is 0 Å². The standard InChI is InChI=1S/C21H18N4O3/c22-20(26)16-10-4-5-11-19(16)28-13-7-6-12-23-21(27)18-14-17(24-25-18)15-8-2-1-3-9-15/h1-5,8-11,14H,12-13H2,(H2,22,26)(H,23,27)(H,24,25). The number of amides is 2. The molecule has 0 bridgehead atoms. The number of benzene rings is 2. The van der Waals surface area contributed by atoms with E-state index in [-0.39, 0.29) is 19.1 Å². The summed E-state index contributed by atoms with van der Waals surface area (Å²) in [4.78, 5) is 23.4. The fourth-order valence-electron chi connectivity index (χ4n) is 2.44. The lowest BCUT2D eigenvalue weighted by Crippen LogP contribution is -2.24. The maximum Gasteiger partial charge on any atom is 0.270 e. The summed E-state index contributed by atoms with van der Waals surface area (Å²) in [5.74, 6) is 5.07. The molecule has 4 N–H and O–H groups in total. The lowest BCUT2D eigenvalue weighted by molar-refractivity contribution is 0.0952.